The van der Waals surface area contributed by atoms with Crippen LogP contribution in [0.3, 0.4) is 0 Å². The number of aliphatic carboxylic acids is 1. The minimum absolute atomic E-state index is 0.209. The van der Waals surface area contributed by atoms with Crippen LogP contribution in [0.2, 0.25) is 0 Å². The summed E-state index contributed by atoms with van der Waals surface area (Å²) < 4.78 is 10.6. The van der Waals surface area contributed by atoms with Crippen molar-refractivity contribution in [3.8, 4) is 11.5 Å². The highest BCUT2D eigenvalue weighted by Crippen LogP contribution is 2.33. The maximum Gasteiger partial charge on any atom is 0.307 e. The van der Waals surface area contributed by atoms with Crippen LogP contribution in [0.15, 0.2) is 18.2 Å². The fourth-order valence-corrected chi connectivity index (χ4v) is 3.32. The van der Waals surface area contributed by atoms with Crippen molar-refractivity contribution >= 4 is 11.9 Å². The highest BCUT2D eigenvalue weighted by Gasteiger charge is 2.36. The molecule has 132 valence electrons. The second kappa shape index (κ2) is 8.04. The molecule has 24 heavy (non-hydrogen) atoms. The van der Waals surface area contributed by atoms with E-state index in [4.69, 9.17) is 9.47 Å². The molecular weight excluding hydrogens is 310 g/mol. The molecule has 3 unspecified atom stereocenters. The Morgan fingerprint density at radius 3 is 2.42 bits per heavy atom. The molecule has 1 saturated carbocycles. The number of carbonyl (C=O) groups excluding carboxylic acids is 1. The van der Waals surface area contributed by atoms with Gasteiger partial charge in [0.2, 0.25) is 5.91 Å². The van der Waals surface area contributed by atoms with Crippen LogP contribution in [-0.2, 0) is 9.59 Å². The first-order chi connectivity index (χ1) is 11.5. The van der Waals surface area contributed by atoms with Crippen LogP contribution in [0, 0.1) is 11.8 Å². The summed E-state index contributed by atoms with van der Waals surface area (Å²) in [6, 6.07) is 5.09. The van der Waals surface area contributed by atoms with Crippen molar-refractivity contribution in [3.05, 3.63) is 23.8 Å². The second-order valence-electron chi connectivity index (χ2n) is 6.17. The topological polar surface area (TPSA) is 84.9 Å². The van der Waals surface area contributed by atoms with Gasteiger partial charge in [-0.15, -0.1) is 0 Å². The fourth-order valence-electron chi connectivity index (χ4n) is 3.32. The lowest BCUT2D eigenvalue weighted by atomic mass is 9.78. The van der Waals surface area contributed by atoms with E-state index in [0.717, 1.165) is 18.4 Å². The van der Waals surface area contributed by atoms with Gasteiger partial charge in [-0.3, -0.25) is 9.59 Å². The predicted octanol–water partition coefficient (Wildman–Crippen LogP) is 2.77. The number of hydrogen-bond acceptors (Lipinski definition) is 4. The number of rotatable bonds is 6. The standard InChI is InChI=1S/C18H25NO5/c1-11(15-10-12(23-2)8-9-16(15)24-3)19-17(20)13-6-4-5-7-14(13)18(21)22/h8-11,13-14H,4-7H2,1-3H3,(H,19,20)(H,21,22). The van der Waals surface area contributed by atoms with Gasteiger partial charge >= 0.3 is 5.97 Å². The largest absolute Gasteiger partial charge is 0.497 e. The molecule has 3 atom stereocenters. The maximum absolute atomic E-state index is 12.6. The first kappa shape index (κ1) is 18.1. The van der Waals surface area contributed by atoms with E-state index in [2.05, 4.69) is 5.32 Å². The van der Waals surface area contributed by atoms with Gasteiger partial charge in [0.05, 0.1) is 32.1 Å². The molecule has 1 aromatic carbocycles. The summed E-state index contributed by atoms with van der Waals surface area (Å²) in [5.74, 6) is -0.843. The smallest absolute Gasteiger partial charge is 0.307 e. The Kier molecular flexibility index (Phi) is 6.06. The lowest BCUT2D eigenvalue weighted by Crippen LogP contribution is -2.40. The highest BCUT2D eigenvalue weighted by atomic mass is 16.5. The molecule has 0 aliphatic heterocycles. The number of amides is 1. The van der Waals surface area contributed by atoms with Gasteiger partial charge in [0, 0.05) is 5.56 Å². The number of carbonyl (C=O) groups is 2. The van der Waals surface area contributed by atoms with Gasteiger partial charge < -0.3 is 19.9 Å². The number of carboxylic acid groups (broad SMARTS) is 1. The van der Waals surface area contributed by atoms with Gasteiger partial charge in [-0.05, 0) is 38.0 Å². The van der Waals surface area contributed by atoms with Crippen LogP contribution in [0.4, 0.5) is 0 Å². The first-order valence-corrected chi connectivity index (χ1v) is 8.23. The zero-order valence-corrected chi connectivity index (χ0v) is 14.4. The molecule has 0 spiro atoms. The molecular formula is C18H25NO5. The highest BCUT2D eigenvalue weighted by molar-refractivity contribution is 5.85. The Morgan fingerprint density at radius 2 is 1.83 bits per heavy atom. The van der Waals surface area contributed by atoms with Crippen molar-refractivity contribution < 1.29 is 24.2 Å². The molecule has 6 nitrogen and oxygen atoms in total. The molecule has 2 rings (SSSR count). The molecule has 0 aromatic heterocycles. The molecule has 6 heteroatoms. The van der Waals surface area contributed by atoms with Crippen LogP contribution in [0.1, 0.15) is 44.2 Å². The third-order valence-electron chi connectivity index (χ3n) is 4.68. The van der Waals surface area contributed by atoms with E-state index in [1.165, 1.54) is 0 Å². The average Bonchev–Trinajstić information content (AvgIpc) is 2.60. The Balaban J connectivity index is 2.14. The monoisotopic (exact) mass is 335 g/mol. The summed E-state index contributed by atoms with van der Waals surface area (Å²) in [6.07, 6.45) is 2.92. The van der Waals surface area contributed by atoms with Crippen molar-refractivity contribution in [2.45, 2.75) is 38.6 Å². The SMILES string of the molecule is COc1ccc(OC)c(C(C)NC(=O)C2CCCCC2C(=O)O)c1. The number of methoxy groups -OCH3 is 2. The van der Waals surface area contributed by atoms with Crippen molar-refractivity contribution in [2.75, 3.05) is 14.2 Å². The van der Waals surface area contributed by atoms with E-state index in [1.54, 1.807) is 26.4 Å². The third kappa shape index (κ3) is 3.99. The molecule has 1 aromatic rings. The van der Waals surface area contributed by atoms with Gasteiger partial charge in [-0.1, -0.05) is 12.8 Å². The summed E-state index contributed by atoms with van der Waals surface area (Å²) in [5, 5.41) is 12.3. The van der Waals surface area contributed by atoms with Crippen molar-refractivity contribution in [1.82, 2.24) is 5.32 Å². The Morgan fingerprint density at radius 1 is 1.17 bits per heavy atom. The molecule has 1 aliphatic carbocycles. The van der Waals surface area contributed by atoms with Gasteiger partial charge in [0.15, 0.2) is 0 Å². The number of nitrogens with one attached hydrogen (secondary N) is 1. The molecule has 0 bridgehead atoms. The average molecular weight is 335 g/mol. The maximum atomic E-state index is 12.6. The van der Waals surface area contributed by atoms with Crippen LogP contribution in [0.25, 0.3) is 0 Å². The Bertz CT molecular complexity index is 601. The fraction of sp³-hybridized carbons (Fsp3) is 0.556. The molecule has 0 radical (unpaired) electrons. The molecule has 1 fully saturated rings. The van der Waals surface area contributed by atoms with Crippen molar-refractivity contribution in [3.63, 3.8) is 0 Å². The first-order valence-electron chi connectivity index (χ1n) is 8.23. The zero-order valence-electron chi connectivity index (χ0n) is 14.4. The van der Waals surface area contributed by atoms with Gasteiger partial charge in [0.1, 0.15) is 11.5 Å². The van der Waals surface area contributed by atoms with E-state index >= 15 is 0 Å². The predicted molar refractivity (Wildman–Crippen MR) is 89.2 cm³/mol. The van der Waals surface area contributed by atoms with E-state index in [0.29, 0.717) is 24.3 Å². The summed E-state index contributed by atoms with van der Waals surface area (Å²) in [4.78, 5) is 24.0. The molecule has 2 N–H and O–H groups in total. The van der Waals surface area contributed by atoms with Gasteiger partial charge in [-0.2, -0.15) is 0 Å². The quantitative estimate of drug-likeness (QED) is 0.835. The van der Waals surface area contributed by atoms with Crippen LogP contribution in [0.5, 0.6) is 11.5 Å². The van der Waals surface area contributed by atoms with Crippen LogP contribution in [-0.4, -0.2) is 31.2 Å². The van der Waals surface area contributed by atoms with E-state index in [-0.39, 0.29) is 11.9 Å². The molecule has 1 amide bonds. The number of carboxylic acids is 1. The molecule has 0 saturated heterocycles. The van der Waals surface area contributed by atoms with Gasteiger partial charge in [-0.25, -0.2) is 0 Å². The lowest BCUT2D eigenvalue weighted by Gasteiger charge is -2.29. The normalized spacial score (nSPS) is 21.6. The van der Waals surface area contributed by atoms with E-state index in [9.17, 15) is 14.7 Å². The van der Waals surface area contributed by atoms with Crippen molar-refractivity contribution in [2.24, 2.45) is 11.8 Å². The van der Waals surface area contributed by atoms with E-state index < -0.39 is 17.8 Å². The van der Waals surface area contributed by atoms with Crippen molar-refractivity contribution in [1.29, 1.82) is 0 Å². The molecule has 0 heterocycles. The summed E-state index contributed by atoms with van der Waals surface area (Å²) in [6.45, 7) is 1.85. The minimum atomic E-state index is -0.888. The Hall–Kier alpha value is -2.24. The number of ether oxygens (including phenoxy) is 2. The summed E-state index contributed by atoms with van der Waals surface area (Å²) in [5.41, 5.74) is 0.799. The Labute approximate surface area is 142 Å². The number of benzene rings is 1. The number of hydrogen-bond donors (Lipinski definition) is 2. The third-order valence-corrected chi connectivity index (χ3v) is 4.68. The summed E-state index contributed by atoms with van der Waals surface area (Å²) >= 11 is 0. The summed E-state index contributed by atoms with van der Waals surface area (Å²) in [7, 11) is 3.15. The lowest BCUT2D eigenvalue weighted by molar-refractivity contribution is -0.149. The second-order valence-corrected chi connectivity index (χ2v) is 6.17. The van der Waals surface area contributed by atoms with Crippen LogP contribution >= 0.6 is 0 Å². The van der Waals surface area contributed by atoms with Crippen LogP contribution < -0.4 is 14.8 Å². The molecule has 1 aliphatic rings. The van der Waals surface area contributed by atoms with E-state index in [1.807, 2.05) is 13.0 Å². The van der Waals surface area contributed by atoms with Gasteiger partial charge in [0.25, 0.3) is 0 Å². The zero-order chi connectivity index (χ0) is 17.7. The minimum Gasteiger partial charge on any atom is -0.497 e.